The number of hydrogen-bond donors (Lipinski definition) is 6. The molecule has 6 N–H and O–H groups in total. The van der Waals surface area contributed by atoms with Crippen LogP contribution in [0.4, 0.5) is 0 Å². The standard InChI is InChI=1S/C44H76N6O19/c1-33(42(56)48-35(3)44(58)59)46-41(55)34(2)47-43(57)36(49-37(51)9-7-13-50-39(53)10-11-40(50)54)8-5-6-12-45-38(52)32-69-31-30-68-29-28-67-27-26-66-25-24-65-23-22-64-21-20-63-19-18-62-17-16-61-15-14-60-4/h10-11,33-36H,5-9,12-32H2,1-4H3,(H,45,52)(H,46,55)(H,47,57)(H,48,56)(H,49,51)(H,58,59)/t33-,34-,35-,36?/m0/s1. The number of methoxy groups -OCH3 is 1. The van der Waals surface area contributed by atoms with E-state index in [-0.39, 0.29) is 58.1 Å². The van der Waals surface area contributed by atoms with Crippen LogP contribution >= 0.6 is 0 Å². The maximum Gasteiger partial charge on any atom is 0.325 e. The first kappa shape index (κ1) is 62.3. The molecule has 0 saturated carbocycles. The molecule has 69 heavy (non-hydrogen) atoms. The number of unbranched alkanes of at least 4 members (excludes halogenated alkanes) is 1. The molecule has 1 unspecified atom stereocenters. The Hall–Kier alpha value is -4.70. The highest BCUT2D eigenvalue weighted by Gasteiger charge is 2.28. The minimum Gasteiger partial charge on any atom is -0.480 e. The normalized spacial score (nSPS) is 14.0. The molecule has 1 aliphatic heterocycles. The Morgan fingerprint density at radius 2 is 0.899 bits per heavy atom. The van der Waals surface area contributed by atoms with Gasteiger partial charge in [-0.3, -0.25) is 43.3 Å². The predicted molar refractivity (Wildman–Crippen MR) is 244 cm³/mol. The lowest BCUT2D eigenvalue weighted by Crippen LogP contribution is -2.56. The van der Waals surface area contributed by atoms with E-state index in [1.807, 2.05) is 0 Å². The molecule has 25 nitrogen and oxygen atoms in total. The fourth-order valence-corrected chi connectivity index (χ4v) is 5.59. The van der Waals surface area contributed by atoms with Gasteiger partial charge in [-0.05, 0) is 46.5 Å². The molecular formula is C44H76N6O19. The third kappa shape index (κ3) is 33.5. The van der Waals surface area contributed by atoms with Gasteiger partial charge in [0.15, 0.2) is 0 Å². The molecule has 0 saturated heterocycles. The van der Waals surface area contributed by atoms with Crippen molar-refractivity contribution >= 4 is 47.3 Å². The van der Waals surface area contributed by atoms with E-state index >= 15 is 0 Å². The molecule has 0 spiro atoms. The van der Waals surface area contributed by atoms with Gasteiger partial charge < -0.3 is 79.1 Å². The topological polar surface area (TPSA) is 312 Å². The first-order chi connectivity index (χ1) is 33.3. The summed E-state index contributed by atoms with van der Waals surface area (Å²) in [6, 6.07) is -4.56. The maximum absolute atomic E-state index is 13.3. The van der Waals surface area contributed by atoms with Gasteiger partial charge in [0.25, 0.3) is 11.8 Å². The number of nitrogens with one attached hydrogen (secondary N) is 5. The Bertz CT molecular complexity index is 1510. The number of carboxylic acids is 1. The Kier molecular flexibility index (Phi) is 37.1. The molecule has 7 amide bonds. The molecule has 0 bridgehead atoms. The molecule has 4 atom stereocenters. The highest BCUT2D eigenvalue weighted by molar-refractivity contribution is 6.12. The molecule has 0 aromatic heterocycles. The monoisotopic (exact) mass is 993 g/mol. The number of rotatable bonds is 46. The van der Waals surface area contributed by atoms with E-state index in [0.717, 1.165) is 17.1 Å². The zero-order valence-electron chi connectivity index (χ0n) is 40.6. The second-order valence-corrected chi connectivity index (χ2v) is 15.2. The predicted octanol–water partition coefficient (Wildman–Crippen LogP) is -2.14. The molecule has 396 valence electrons. The van der Waals surface area contributed by atoms with Gasteiger partial charge in [0.1, 0.15) is 30.8 Å². The zero-order valence-corrected chi connectivity index (χ0v) is 40.6. The van der Waals surface area contributed by atoms with Crippen LogP contribution in [0.3, 0.4) is 0 Å². The summed E-state index contributed by atoms with van der Waals surface area (Å²) in [6.45, 7) is 11.8. The number of ether oxygens (including phenoxy) is 10. The average molecular weight is 993 g/mol. The Morgan fingerprint density at radius 1 is 0.507 bits per heavy atom. The van der Waals surface area contributed by atoms with Crippen molar-refractivity contribution in [1.29, 1.82) is 0 Å². The van der Waals surface area contributed by atoms with E-state index in [2.05, 4.69) is 26.6 Å². The summed E-state index contributed by atoms with van der Waals surface area (Å²) in [5.74, 6) is -5.29. The Balaban J connectivity index is 2.17. The SMILES string of the molecule is COCCOCCOCCOCCOCCOCCOCCOCCOCCOCC(=O)NCCCCC(NC(=O)CCCN1C(=O)C=CC1=O)C(=O)N[C@@H](C)C(=O)N[C@@H](C)C(=O)N[C@@H](C)C(=O)O. The summed E-state index contributed by atoms with van der Waals surface area (Å²) in [5, 5.41) is 21.5. The van der Waals surface area contributed by atoms with E-state index in [1.54, 1.807) is 7.11 Å². The second-order valence-electron chi connectivity index (χ2n) is 15.2. The Morgan fingerprint density at radius 3 is 1.32 bits per heavy atom. The first-order valence-electron chi connectivity index (χ1n) is 23.2. The number of carboxylic acid groups (broad SMARTS) is 1. The van der Waals surface area contributed by atoms with Crippen LogP contribution in [0.2, 0.25) is 0 Å². The van der Waals surface area contributed by atoms with Gasteiger partial charge in [0, 0.05) is 38.8 Å². The van der Waals surface area contributed by atoms with Crippen molar-refractivity contribution in [2.24, 2.45) is 0 Å². The smallest absolute Gasteiger partial charge is 0.325 e. The molecule has 0 aromatic carbocycles. The van der Waals surface area contributed by atoms with Gasteiger partial charge in [-0.2, -0.15) is 0 Å². The van der Waals surface area contributed by atoms with E-state index in [1.165, 1.54) is 20.8 Å². The number of carbonyl (C=O) groups excluding carboxylic acids is 7. The lowest BCUT2D eigenvalue weighted by Gasteiger charge is -2.23. The highest BCUT2D eigenvalue weighted by Crippen LogP contribution is 2.07. The number of carbonyl (C=O) groups is 8. The molecule has 1 heterocycles. The van der Waals surface area contributed by atoms with Crippen LogP contribution in [0.25, 0.3) is 0 Å². The summed E-state index contributed by atoms with van der Waals surface area (Å²) < 4.78 is 53.7. The van der Waals surface area contributed by atoms with E-state index in [9.17, 15) is 38.4 Å². The van der Waals surface area contributed by atoms with E-state index < -0.39 is 65.6 Å². The quantitative estimate of drug-likeness (QED) is 0.0280. The molecule has 0 radical (unpaired) electrons. The van der Waals surface area contributed by atoms with Crippen molar-refractivity contribution in [3.8, 4) is 0 Å². The minimum atomic E-state index is -1.26. The fourth-order valence-electron chi connectivity index (χ4n) is 5.59. The van der Waals surface area contributed by atoms with Crippen molar-refractivity contribution < 1.29 is 90.8 Å². The number of aliphatic carboxylic acids is 1. The summed E-state index contributed by atoms with van der Waals surface area (Å²) in [5.41, 5.74) is 0. The number of imide groups is 1. The average Bonchev–Trinajstić information content (AvgIpc) is 3.64. The van der Waals surface area contributed by atoms with Gasteiger partial charge in [0.05, 0.1) is 119 Å². The summed E-state index contributed by atoms with van der Waals surface area (Å²) in [6.07, 6.45) is 3.23. The molecule has 0 aliphatic carbocycles. The lowest BCUT2D eigenvalue weighted by molar-refractivity contribution is -0.141. The number of hydrogen-bond acceptors (Lipinski definition) is 18. The molecule has 1 aliphatic rings. The van der Waals surface area contributed by atoms with E-state index in [4.69, 9.17) is 52.5 Å². The maximum atomic E-state index is 13.3. The van der Waals surface area contributed by atoms with E-state index in [0.29, 0.717) is 119 Å². The molecule has 0 aromatic rings. The largest absolute Gasteiger partial charge is 0.480 e. The van der Waals surface area contributed by atoms with Crippen LogP contribution in [-0.2, 0) is 85.7 Å². The lowest BCUT2D eigenvalue weighted by atomic mass is 10.1. The zero-order chi connectivity index (χ0) is 50.9. The molecule has 1 rings (SSSR count). The molecule has 0 fully saturated rings. The fraction of sp³-hybridized carbons (Fsp3) is 0.773. The highest BCUT2D eigenvalue weighted by atomic mass is 16.6. The first-order valence-corrected chi connectivity index (χ1v) is 23.2. The van der Waals surface area contributed by atoms with Crippen LogP contribution in [0.1, 0.15) is 52.9 Å². The van der Waals surface area contributed by atoms with Gasteiger partial charge in [0.2, 0.25) is 29.5 Å². The van der Waals surface area contributed by atoms with Crippen LogP contribution in [0, 0.1) is 0 Å². The van der Waals surface area contributed by atoms with Gasteiger partial charge in [-0.1, -0.05) is 0 Å². The van der Waals surface area contributed by atoms with Crippen molar-refractivity contribution in [2.45, 2.75) is 77.0 Å². The molecular weight excluding hydrogens is 917 g/mol. The van der Waals surface area contributed by atoms with Crippen LogP contribution < -0.4 is 26.6 Å². The van der Waals surface area contributed by atoms with Gasteiger partial charge >= 0.3 is 5.97 Å². The summed E-state index contributed by atoms with van der Waals surface area (Å²) in [4.78, 5) is 99.1. The molecule has 25 heteroatoms. The third-order valence-electron chi connectivity index (χ3n) is 9.45. The van der Waals surface area contributed by atoms with Crippen molar-refractivity contribution in [3.05, 3.63) is 12.2 Å². The third-order valence-corrected chi connectivity index (χ3v) is 9.45. The summed E-state index contributed by atoms with van der Waals surface area (Å²) in [7, 11) is 1.63. The van der Waals surface area contributed by atoms with Gasteiger partial charge in [-0.25, -0.2) is 0 Å². The summed E-state index contributed by atoms with van der Waals surface area (Å²) >= 11 is 0. The number of amides is 7. The minimum absolute atomic E-state index is 0.00682. The van der Waals surface area contributed by atoms with Crippen LogP contribution in [-0.4, -0.2) is 227 Å². The van der Waals surface area contributed by atoms with Gasteiger partial charge in [-0.15, -0.1) is 0 Å². The Labute approximate surface area is 403 Å². The second kappa shape index (κ2) is 41.1. The van der Waals surface area contributed by atoms with Crippen LogP contribution in [0.15, 0.2) is 12.2 Å². The van der Waals surface area contributed by atoms with Crippen molar-refractivity contribution in [3.63, 3.8) is 0 Å². The van der Waals surface area contributed by atoms with Crippen molar-refractivity contribution in [2.75, 3.05) is 146 Å². The number of nitrogens with zero attached hydrogens (tertiary/aromatic N) is 1. The van der Waals surface area contributed by atoms with Crippen LogP contribution in [0.5, 0.6) is 0 Å². The van der Waals surface area contributed by atoms with Crippen molar-refractivity contribution in [1.82, 2.24) is 31.5 Å².